The van der Waals surface area contributed by atoms with E-state index in [1.807, 2.05) is 6.07 Å². The molecule has 20 heavy (non-hydrogen) atoms. The summed E-state index contributed by atoms with van der Waals surface area (Å²) in [5.74, 6) is 0.724. The SMILES string of the molecule is O=C1NCCOc2ccc(C(O)C3CCNCC3)cc21. The van der Waals surface area contributed by atoms with Crippen molar-refractivity contribution in [2.75, 3.05) is 26.2 Å². The van der Waals surface area contributed by atoms with E-state index < -0.39 is 6.10 Å². The second-order valence-corrected chi connectivity index (χ2v) is 5.39. The molecule has 3 N–H and O–H groups in total. The predicted molar refractivity (Wildman–Crippen MR) is 74.8 cm³/mol. The van der Waals surface area contributed by atoms with Gasteiger partial charge in [0.2, 0.25) is 0 Å². The molecule has 1 unspecified atom stereocenters. The minimum absolute atomic E-state index is 0.128. The van der Waals surface area contributed by atoms with Crippen LogP contribution in [0.25, 0.3) is 0 Å². The summed E-state index contributed by atoms with van der Waals surface area (Å²) in [5, 5.41) is 16.6. The summed E-state index contributed by atoms with van der Waals surface area (Å²) in [6.45, 7) is 2.88. The number of piperidine rings is 1. The summed E-state index contributed by atoms with van der Waals surface area (Å²) in [4.78, 5) is 12.0. The van der Waals surface area contributed by atoms with E-state index >= 15 is 0 Å². The normalized spacial score (nSPS) is 21.4. The highest BCUT2D eigenvalue weighted by Gasteiger charge is 2.25. The number of nitrogens with one attached hydrogen (secondary N) is 2. The number of carbonyl (C=O) groups is 1. The van der Waals surface area contributed by atoms with E-state index in [0.29, 0.717) is 24.5 Å². The van der Waals surface area contributed by atoms with Crippen molar-refractivity contribution in [3.05, 3.63) is 29.3 Å². The Morgan fingerprint density at radius 3 is 2.85 bits per heavy atom. The molecule has 0 aliphatic carbocycles. The Morgan fingerprint density at radius 1 is 1.25 bits per heavy atom. The molecular formula is C15H20N2O3. The molecule has 1 aromatic rings. The standard InChI is InChI=1S/C15H20N2O3/c18-14(10-3-5-16-6-4-10)11-1-2-13-12(9-11)15(19)17-7-8-20-13/h1-2,9-10,14,16,18H,3-8H2,(H,17,19). The largest absolute Gasteiger partial charge is 0.491 e. The average molecular weight is 276 g/mol. The van der Waals surface area contributed by atoms with Crippen LogP contribution in [-0.4, -0.2) is 37.3 Å². The number of ether oxygens (including phenoxy) is 1. The van der Waals surface area contributed by atoms with E-state index in [2.05, 4.69) is 10.6 Å². The number of aliphatic hydroxyl groups is 1. The fraction of sp³-hybridized carbons (Fsp3) is 0.533. The van der Waals surface area contributed by atoms with Gasteiger partial charge in [0.25, 0.3) is 5.91 Å². The van der Waals surface area contributed by atoms with E-state index in [4.69, 9.17) is 4.74 Å². The zero-order chi connectivity index (χ0) is 13.9. The van der Waals surface area contributed by atoms with Crippen molar-refractivity contribution in [3.8, 4) is 5.75 Å². The lowest BCUT2D eigenvalue weighted by atomic mass is 9.87. The molecule has 2 heterocycles. The highest BCUT2D eigenvalue weighted by molar-refractivity contribution is 5.97. The molecule has 0 bridgehead atoms. The first-order valence-corrected chi connectivity index (χ1v) is 7.19. The van der Waals surface area contributed by atoms with Crippen molar-refractivity contribution < 1.29 is 14.6 Å². The maximum Gasteiger partial charge on any atom is 0.255 e. The molecule has 0 spiro atoms. The number of carbonyl (C=O) groups excluding carboxylic acids is 1. The van der Waals surface area contributed by atoms with Crippen LogP contribution in [-0.2, 0) is 0 Å². The lowest BCUT2D eigenvalue weighted by Gasteiger charge is -2.27. The van der Waals surface area contributed by atoms with Crippen LogP contribution in [0, 0.1) is 5.92 Å². The summed E-state index contributed by atoms with van der Waals surface area (Å²) >= 11 is 0. The Hall–Kier alpha value is -1.59. The fourth-order valence-corrected chi connectivity index (χ4v) is 2.89. The Balaban J connectivity index is 1.85. The molecule has 108 valence electrons. The highest BCUT2D eigenvalue weighted by atomic mass is 16.5. The van der Waals surface area contributed by atoms with Gasteiger partial charge in [-0.05, 0) is 49.5 Å². The van der Waals surface area contributed by atoms with Gasteiger partial charge in [-0.2, -0.15) is 0 Å². The number of rotatable bonds is 2. The Bertz CT molecular complexity index is 498. The van der Waals surface area contributed by atoms with E-state index in [9.17, 15) is 9.90 Å². The summed E-state index contributed by atoms with van der Waals surface area (Å²) in [6.07, 6.45) is 1.40. The van der Waals surface area contributed by atoms with Gasteiger partial charge in [0.05, 0.1) is 18.2 Å². The van der Waals surface area contributed by atoms with Gasteiger partial charge < -0.3 is 20.5 Å². The molecule has 3 rings (SSSR count). The number of amides is 1. The third kappa shape index (κ3) is 2.64. The molecule has 1 saturated heterocycles. The first-order chi connectivity index (χ1) is 9.75. The molecule has 2 aliphatic rings. The molecule has 5 nitrogen and oxygen atoms in total. The van der Waals surface area contributed by atoms with Crippen LogP contribution in [0.15, 0.2) is 18.2 Å². The van der Waals surface area contributed by atoms with Crippen LogP contribution in [0.4, 0.5) is 0 Å². The van der Waals surface area contributed by atoms with Crippen molar-refractivity contribution in [3.63, 3.8) is 0 Å². The smallest absolute Gasteiger partial charge is 0.255 e. The van der Waals surface area contributed by atoms with Gasteiger partial charge in [0, 0.05) is 0 Å². The van der Waals surface area contributed by atoms with E-state index in [1.54, 1.807) is 12.1 Å². The molecule has 1 fully saturated rings. The molecule has 0 saturated carbocycles. The molecule has 2 aliphatic heterocycles. The average Bonchev–Trinajstić information content (AvgIpc) is 2.69. The van der Waals surface area contributed by atoms with Crippen LogP contribution in [0.2, 0.25) is 0 Å². The third-order valence-corrected chi connectivity index (χ3v) is 4.07. The maximum absolute atomic E-state index is 12.0. The lowest BCUT2D eigenvalue weighted by molar-refractivity contribution is 0.0885. The fourth-order valence-electron chi connectivity index (χ4n) is 2.89. The van der Waals surface area contributed by atoms with Crippen LogP contribution in [0.3, 0.4) is 0 Å². The number of hydrogen-bond donors (Lipinski definition) is 3. The van der Waals surface area contributed by atoms with Crippen molar-refractivity contribution in [2.24, 2.45) is 5.92 Å². The summed E-state index contributed by atoms with van der Waals surface area (Å²) in [6, 6.07) is 5.42. The van der Waals surface area contributed by atoms with Crippen molar-refractivity contribution in [1.82, 2.24) is 10.6 Å². The highest BCUT2D eigenvalue weighted by Crippen LogP contribution is 2.31. The van der Waals surface area contributed by atoms with Crippen LogP contribution >= 0.6 is 0 Å². The second-order valence-electron chi connectivity index (χ2n) is 5.39. The van der Waals surface area contributed by atoms with E-state index in [0.717, 1.165) is 31.5 Å². The molecule has 1 aromatic carbocycles. The second kappa shape index (κ2) is 5.81. The molecular weight excluding hydrogens is 256 g/mol. The van der Waals surface area contributed by atoms with E-state index in [1.165, 1.54) is 0 Å². The Labute approximate surface area is 118 Å². The molecule has 1 amide bonds. The van der Waals surface area contributed by atoms with Crippen molar-refractivity contribution in [2.45, 2.75) is 18.9 Å². The van der Waals surface area contributed by atoms with Crippen LogP contribution in [0.5, 0.6) is 5.75 Å². The van der Waals surface area contributed by atoms with Crippen LogP contribution < -0.4 is 15.4 Å². The molecule has 0 radical (unpaired) electrons. The van der Waals surface area contributed by atoms with Gasteiger partial charge in [-0.3, -0.25) is 4.79 Å². The predicted octanol–water partition coefficient (Wildman–Crippen LogP) is 0.842. The monoisotopic (exact) mass is 276 g/mol. The summed E-state index contributed by atoms with van der Waals surface area (Å²) < 4.78 is 5.52. The summed E-state index contributed by atoms with van der Waals surface area (Å²) in [5.41, 5.74) is 1.32. The molecule has 5 heteroatoms. The number of fused-ring (bicyclic) bond motifs is 1. The van der Waals surface area contributed by atoms with Gasteiger partial charge in [-0.1, -0.05) is 6.07 Å². The lowest BCUT2D eigenvalue weighted by Crippen LogP contribution is -2.31. The third-order valence-electron chi connectivity index (χ3n) is 4.07. The van der Waals surface area contributed by atoms with Crippen molar-refractivity contribution >= 4 is 5.91 Å². The summed E-state index contributed by atoms with van der Waals surface area (Å²) in [7, 11) is 0. The maximum atomic E-state index is 12.0. The first-order valence-electron chi connectivity index (χ1n) is 7.19. The molecule has 0 aromatic heterocycles. The van der Waals surface area contributed by atoms with Crippen molar-refractivity contribution in [1.29, 1.82) is 0 Å². The number of benzene rings is 1. The van der Waals surface area contributed by atoms with Gasteiger partial charge in [0.15, 0.2) is 0 Å². The Morgan fingerprint density at radius 2 is 2.05 bits per heavy atom. The molecule has 1 atom stereocenters. The van der Waals surface area contributed by atoms with E-state index in [-0.39, 0.29) is 11.8 Å². The first kappa shape index (κ1) is 13.4. The van der Waals surface area contributed by atoms with Crippen LogP contribution in [0.1, 0.15) is 34.9 Å². The quantitative estimate of drug-likeness (QED) is 0.748. The minimum atomic E-state index is -0.515. The number of aliphatic hydroxyl groups excluding tert-OH is 1. The Kier molecular flexibility index (Phi) is 3.89. The zero-order valence-electron chi connectivity index (χ0n) is 11.4. The minimum Gasteiger partial charge on any atom is -0.491 e. The van der Waals surface area contributed by atoms with Gasteiger partial charge >= 0.3 is 0 Å². The van der Waals surface area contributed by atoms with Gasteiger partial charge in [0.1, 0.15) is 12.4 Å². The van der Waals surface area contributed by atoms with Gasteiger partial charge in [-0.15, -0.1) is 0 Å². The topological polar surface area (TPSA) is 70.6 Å². The zero-order valence-corrected chi connectivity index (χ0v) is 11.4. The number of hydrogen-bond acceptors (Lipinski definition) is 4. The van der Waals surface area contributed by atoms with Gasteiger partial charge in [-0.25, -0.2) is 0 Å².